The Morgan fingerprint density at radius 1 is 1.27 bits per heavy atom. The third-order valence-electron chi connectivity index (χ3n) is 5.42. The monoisotopic (exact) mass is 372 g/mol. The standard InChI is InChI=1S/C19H24N4O2S/c1-12-16(26-13(2)20-12)10-19(25)22-7-3-5-14(11-22)15-9-18(24)21-17-6-4-8-23(15)17/h9,14H,3-8,10-11H2,1-2H3/t14-/m1/s1. The number of likely N-dealkylation sites (tertiary alicyclic amines) is 1. The van der Waals surface area contributed by atoms with E-state index in [1.165, 1.54) is 0 Å². The Kier molecular flexibility index (Phi) is 4.65. The summed E-state index contributed by atoms with van der Waals surface area (Å²) in [5.41, 5.74) is 1.89. The van der Waals surface area contributed by atoms with Crippen molar-refractivity contribution in [2.45, 2.75) is 58.4 Å². The van der Waals surface area contributed by atoms with E-state index >= 15 is 0 Å². The second-order valence-electron chi connectivity index (χ2n) is 7.29. The topological polar surface area (TPSA) is 68.1 Å². The number of thiazole rings is 1. The van der Waals surface area contributed by atoms with Crippen molar-refractivity contribution in [3.63, 3.8) is 0 Å². The van der Waals surface area contributed by atoms with E-state index in [9.17, 15) is 9.59 Å². The van der Waals surface area contributed by atoms with Crippen molar-refractivity contribution in [2.75, 3.05) is 13.1 Å². The van der Waals surface area contributed by atoms with E-state index in [4.69, 9.17) is 0 Å². The van der Waals surface area contributed by atoms with Crippen molar-refractivity contribution in [1.82, 2.24) is 19.4 Å². The third-order valence-corrected chi connectivity index (χ3v) is 6.49. The number of amides is 1. The Morgan fingerprint density at radius 3 is 2.88 bits per heavy atom. The van der Waals surface area contributed by atoms with Gasteiger partial charge in [0, 0.05) is 48.6 Å². The molecule has 0 aromatic carbocycles. The first-order valence-electron chi connectivity index (χ1n) is 9.32. The second-order valence-corrected chi connectivity index (χ2v) is 8.58. The summed E-state index contributed by atoms with van der Waals surface area (Å²) in [7, 11) is 0. The molecule has 2 aliphatic heterocycles. The first-order valence-corrected chi connectivity index (χ1v) is 10.1. The normalized spacial score (nSPS) is 19.6. The van der Waals surface area contributed by atoms with Gasteiger partial charge in [0.15, 0.2) is 0 Å². The molecule has 1 saturated heterocycles. The van der Waals surface area contributed by atoms with Crippen LogP contribution < -0.4 is 5.56 Å². The van der Waals surface area contributed by atoms with Gasteiger partial charge in [-0.05, 0) is 33.1 Å². The Morgan fingerprint density at radius 2 is 2.12 bits per heavy atom. The summed E-state index contributed by atoms with van der Waals surface area (Å²) in [6, 6.07) is 1.68. The highest BCUT2D eigenvalue weighted by atomic mass is 32.1. The molecule has 2 aromatic heterocycles. The lowest BCUT2D eigenvalue weighted by molar-refractivity contribution is -0.131. The zero-order valence-corrected chi connectivity index (χ0v) is 16.1. The fourth-order valence-corrected chi connectivity index (χ4v) is 5.12. The van der Waals surface area contributed by atoms with E-state index < -0.39 is 0 Å². The molecule has 1 atom stereocenters. The van der Waals surface area contributed by atoms with E-state index in [0.29, 0.717) is 13.0 Å². The molecule has 138 valence electrons. The Bertz CT molecular complexity index is 901. The highest BCUT2D eigenvalue weighted by Crippen LogP contribution is 2.29. The summed E-state index contributed by atoms with van der Waals surface area (Å²) in [5, 5.41) is 1.01. The van der Waals surface area contributed by atoms with E-state index in [-0.39, 0.29) is 17.4 Å². The van der Waals surface area contributed by atoms with Crippen molar-refractivity contribution in [3.8, 4) is 0 Å². The highest BCUT2D eigenvalue weighted by molar-refractivity contribution is 7.11. The average Bonchev–Trinajstić information content (AvgIpc) is 3.20. The average molecular weight is 372 g/mol. The number of aryl methyl sites for hydroxylation is 3. The van der Waals surface area contributed by atoms with Gasteiger partial charge in [-0.2, -0.15) is 4.98 Å². The second kappa shape index (κ2) is 6.95. The van der Waals surface area contributed by atoms with Gasteiger partial charge in [0.1, 0.15) is 5.82 Å². The van der Waals surface area contributed by atoms with Gasteiger partial charge >= 0.3 is 0 Å². The molecule has 4 heterocycles. The van der Waals surface area contributed by atoms with Gasteiger partial charge in [-0.15, -0.1) is 11.3 Å². The minimum Gasteiger partial charge on any atom is -0.342 e. The van der Waals surface area contributed by atoms with E-state index in [1.54, 1.807) is 17.4 Å². The van der Waals surface area contributed by atoms with Gasteiger partial charge < -0.3 is 9.47 Å². The maximum Gasteiger partial charge on any atom is 0.273 e. The molecule has 0 N–H and O–H groups in total. The maximum atomic E-state index is 12.8. The van der Waals surface area contributed by atoms with Crippen LogP contribution in [-0.4, -0.2) is 38.4 Å². The van der Waals surface area contributed by atoms with Crippen LogP contribution in [0.3, 0.4) is 0 Å². The lowest BCUT2D eigenvalue weighted by atomic mass is 9.93. The molecule has 1 amide bonds. The quantitative estimate of drug-likeness (QED) is 0.828. The number of carbonyl (C=O) groups excluding carboxylic acids is 1. The molecule has 7 heteroatoms. The number of hydrogen-bond donors (Lipinski definition) is 0. The Hall–Kier alpha value is -2.02. The smallest absolute Gasteiger partial charge is 0.273 e. The number of fused-ring (bicyclic) bond motifs is 1. The van der Waals surface area contributed by atoms with Crippen LogP contribution in [0.4, 0.5) is 0 Å². The zero-order chi connectivity index (χ0) is 18.3. The zero-order valence-electron chi connectivity index (χ0n) is 15.3. The van der Waals surface area contributed by atoms with Gasteiger partial charge in [-0.25, -0.2) is 4.98 Å². The fourth-order valence-electron chi connectivity index (χ4n) is 4.19. The first kappa shape index (κ1) is 17.4. The molecule has 0 aliphatic carbocycles. The summed E-state index contributed by atoms with van der Waals surface area (Å²) < 4.78 is 2.21. The fraction of sp³-hybridized carbons (Fsp3) is 0.579. The Balaban J connectivity index is 1.52. The van der Waals surface area contributed by atoms with E-state index in [2.05, 4.69) is 14.5 Å². The number of hydrogen-bond acceptors (Lipinski definition) is 5. The van der Waals surface area contributed by atoms with E-state index in [1.807, 2.05) is 18.7 Å². The molecular formula is C19H24N4O2S. The van der Waals surface area contributed by atoms with Gasteiger partial charge in [-0.3, -0.25) is 9.59 Å². The predicted octanol–water partition coefficient (Wildman–Crippen LogP) is 2.21. The molecule has 26 heavy (non-hydrogen) atoms. The van der Waals surface area contributed by atoms with Crippen LogP contribution >= 0.6 is 11.3 Å². The summed E-state index contributed by atoms with van der Waals surface area (Å²) in [5.74, 6) is 1.30. The van der Waals surface area contributed by atoms with Crippen LogP contribution in [0, 0.1) is 13.8 Å². The van der Waals surface area contributed by atoms with Crippen molar-refractivity contribution in [2.24, 2.45) is 0 Å². The molecule has 6 nitrogen and oxygen atoms in total. The first-order chi connectivity index (χ1) is 12.5. The van der Waals surface area contributed by atoms with Crippen LogP contribution in [0.15, 0.2) is 10.9 Å². The lowest BCUT2D eigenvalue weighted by Crippen LogP contribution is -2.40. The van der Waals surface area contributed by atoms with Crippen LogP contribution in [0.1, 0.15) is 52.3 Å². The summed E-state index contributed by atoms with van der Waals surface area (Å²) in [4.78, 5) is 36.4. The number of rotatable bonds is 3. The molecule has 1 fully saturated rings. The van der Waals surface area contributed by atoms with Gasteiger partial charge in [0.25, 0.3) is 5.56 Å². The van der Waals surface area contributed by atoms with Gasteiger partial charge in [0.05, 0.1) is 17.1 Å². The minimum absolute atomic E-state index is 0.146. The third kappa shape index (κ3) is 3.32. The predicted molar refractivity (Wildman–Crippen MR) is 101 cm³/mol. The molecule has 4 rings (SSSR count). The van der Waals surface area contributed by atoms with Crippen LogP contribution in [0.25, 0.3) is 0 Å². The summed E-state index contributed by atoms with van der Waals surface area (Å²) in [6.07, 6.45) is 4.35. The highest BCUT2D eigenvalue weighted by Gasteiger charge is 2.29. The van der Waals surface area contributed by atoms with Crippen molar-refractivity contribution in [3.05, 3.63) is 43.5 Å². The van der Waals surface area contributed by atoms with Crippen molar-refractivity contribution < 1.29 is 4.79 Å². The summed E-state index contributed by atoms with van der Waals surface area (Å²) >= 11 is 1.61. The Labute approximate surface area is 156 Å². The molecule has 0 unspecified atom stereocenters. The molecule has 0 spiro atoms. The summed E-state index contributed by atoms with van der Waals surface area (Å²) in [6.45, 7) is 6.37. The largest absolute Gasteiger partial charge is 0.342 e. The number of nitrogens with zero attached hydrogens (tertiary/aromatic N) is 4. The molecule has 2 aromatic rings. The van der Waals surface area contributed by atoms with Crippen molar-refractivity contribution in [1.29, 1.82) is 0 Å². The SMILES string of the molecule is Cc1nc(C)c(CC(=O)N2CCC[C@@H](c3cc(=O)nc4n3CCC4)C2)s1. The molecule has 0 saturated carbocycles. The van der Waals surface area contributed by atoms with Crippen molar-refractivity contribution >= 4 is 17.2 Å². The van der Waals surface area contributed by atoms with Gasteiger partial charge in [-0.1, -0.05) is 0 Å². The minimum atomic E-state index is -0.146. The van der Waals surface area contributed by atoms with E-state index in [0.717, 1.165) is 65.9 Å². The lowest BCUT2D eigenvalue weighted by Gasteiger charge is -2.34. The number of carbonyl (C=O) groups is 1. The molecule has 0 bridgehead atoms. The maximum absolute atomic E-state index is 12.8. The van der Waals surface area contributed by atoms with Crippen LogP contribution in [-0.2, 0) is 24.2 Å². The van der Waals surface area contributed by atoms with Crippen LogP contribution in [0.2, 0.25) is 0 Å². The number of aromatic nitrogens is 3. The van der Waals surface area contributed by atoms with Gasteiger partial charge in [0.2, 0.25) is 5.91 Å². The molecule has 2 aliphatic rings. The number of piperidine rings is 1. The molecular weight excluding hydrogens is 348 g/mol. The molecule has 0 radical (unpaired) electrons. The van der Waals surface area contributed by atoms with Crippen LogP contribution in [0.5, 0.6) is 0 Å².